The summed E-state index contributed by atoms with van der Waals surface area (Å²) in [6, 6.07) is 16.0. The minimum Gasteiger partial charge on any atom is -0.491 e. The van der Waals surface area contributed by atoms with E-state index in [1.165, 1.54) is 11.1 Å². The highest BCUT2D eigenvalue weighted by atomic mass is 127. The van der Waals surface area contributed by atoms with E-state index in [1.807, 2.05) is 24.3 Å². The maximum atomic E-state index is 9.60. The number of aliphatic hydroxyl groups excluding tert-OH is 2. The fourth-order valence-corrected chi connectivity index (χ4v) is 3.08. The van der Waals surface area contributed by atoms with Crippen LogP contribution in [0.3, 0.4) is 0 Å². The van der Waals surface area contributed by atoms with Crippen LogP contribution in [0.15, 0.2) is 48.5 Å². The Labute approximate surface area is 188 Å². The van der Waals surface area contributed by atoms with Crippen LogP contribution >= 0.6 is 45.2 Å². The van der Waals surface area contributed by atoms with Gasteiger partial charge in [-0.3, -0.25) is 0 Å². The first-order chi connectivity index (χ1) is 12.9. The summed E-state index contributed by atoms with van der Waals surface area (Å²) in [5, 5.41) is 19.2. The number of ether oxygens (including phenoxy) is 2. The van der Waals surface area contributed by atoms with E-state index in [4.69, 9.17) is 9.47 Å². The molecule has 2 atom stereocenters. The molecule has 0 saturated heterocycles. The maximum Gasteiger partial charge on any atom is 0.119 e. The molecule has 0 amide bonds. The van der Waals surface area contributed by atoms with E-state index in [9.17, 15) is 10.2 Å². The van der Waals surface area contributed by atoms with Crippen molar-refractivity contribution in [2.24, 2.45) is 0 Å². The van der Waals surface area contributed by atoms with Crippen molar-refractivity contribution in [3.8, 4) is 11.5 Å². The zero-order valence-corrected chi connectivity index (χ0v) is 19.9. The zero-order valence-electron chi connectivity index (χ0n) is 15.6. The van der Waals surface area contributed by atoms with Crippen LogP contribution in [-0.4, -0.2) is 44.5 Å². The predicted octanol–water partition coefficient (Wildman–Crippen LogP) is 4.36. The van der Waals surface area contributed by atoms with Crippen LogP contribution in [0.5, 0.6) is 11.5 Å². The highest BCUT2D eigenvalue weighted by Crippen LogP contribution is 2.33. The largest absolute Gasteiger partial charge is 0.491 e. The van der Waals surface area contributed by atoms with Crippen molar-refractivity contribution in [1.29, 1.82) is 0 Å². The summed E-state index contributed by atoms with van der Waals surface area (Å²) in [7, 11) is 0. The number of hydrogen-bond donors (Lipinski definition) is 2. The first-order valence-electron chi connectivity index (χ1n) is 8.81. The van der Waals surface area contributed by atoms with Crippen molar-refractivity contribution < 1.29 is 19.7 Å². The molecular formula is C21H26I2O4. The Morgan fingerprint density at radius 2 is 1.07 bits per heavy atom. The molecule has 0 aliphatic heterocycles. The monoisotopic (exact) mass is 596 g/mol. The smallest absolute Gasteiger partial charge is 0.119 e. The standard InChI is InChI=1S/C21H26I2O4/c1-21(2,15-3-7-19(8-4-15)26-13-17(24)11-22)16-5-9-20(10-6-16)27-14-18(25)12-23/h3-10,17-18,24-25H,11-14H2,1-2H3/t17-,18-/m1/s1. The molecule has 0 aliphatic rings. The number of hydrogen-bond acceptors (Lipinski definition) is 4. The van der Waals surface area contributed by atoms with Crippen molar-refractivity contribution in [1.82, 2.24) is 0 Å². The van der Waals surface area contributed by atoms with Crippen molar-refractivity contribution in [2.75, 3.05) is 22.1 Å². The fraction of sp³-hybridized carbons (Fsp3) is 0.429. The third kappa shape index (κ3) is 6.76. The third-order valence-electron chi connectivity index (χ3n) is 4.39. The van der Waals surface area contributed by atoms with Gasteiger partial charge in [-0.05, 0) is 35.4 Å². The second-order valence-corrected chi connectivity index (χ2v) is 8.67. The van der Waals surface area contributed by atoms with Gasteiger partial charge in [-0.1, -0.05) is 83.3 Å². The van der Waals surface area contributed by atoms with Gasteiger partial charge in [-0.2, -0.15) is 0 Å². The molecule has 148 valence electrons. The number of alkyl halides is 2. The Hall–Kier alpha value is -0.580. The van der Waals surface area contributed by atoms with E-state index >= 15 is 0 Å². The average Bonchev–Trinajstić information content (AvgIpc) is 2.70. The van der Waals surface area contributed by atoms with Gasteiger partial charge >= 0.3 is 0 Å². The highest BCUT2D eigenvalue weighted by Gasteiger charge is 2.23. The molecular weight excluding hydrogens is 570 g/mol. The van der Waals surface area contributed by atoms with Crippen molar-refractivity contribution in [2.45, 2.75) is 31.5 Å². The average molecular weight is 596 g/mol. The van der Waals surface area contributed by atoms with Gasteiger partial charge in [0, 0.05) is 14.3 Å². The Morgan fingerprint density at radius 3 is 1.37 bits per heavy atom. The van der Waals surface area contributed by atoms with Crippen LogP contribution in [0.1, 0.15) is 25.0 Å². The molecule has 0 saturated carbocycles. The van der Waals surface area contributed by atoms with E-state index in [2.05, 4.69) is 83.3 Å². The molecule has 4 nitrogen and oxygen atoms in total. The van der Waals surface area contributed by atoms with Crippen LogP contribution in [0, 0.1) is 0 Å². The molecule has 2 rings (SSSR count). The van der Waals surface area contributed by atoms with E-state index < -0.39 is 12.2 Å². The first-order valence-corrected chi connectivity index (χ1v) is 11.9. The summed E-state index contributed by atoms with van der Waals surface area (Å²) < 4.78 is 12.5. The normalized spacial score (nSPS) is 13.9. The molecule has 6 heteroatoms. The number of benzene rings is 2. The van der Waals surface area contributed by atoms with Crippen LogP contribution in [0.25, 0.3) is 0 Å². The molecule has 2 aromatic rings. The fourth-order valence-electron chi connectivity index (χ4n) is 2.58. The Morgan fingerprint density at radius 1 is 0.741 bits per heavy atom. The Balaban J connectivity index is 2.04. The summed E-state index contributed by atoms with van der Waals surface area (Å²) in [6.45, 7) is 4.97. The molecule has 27 heavy (non-hydrogen) atoms. The summed E-state index contributed by atoms with van der Waals surface area (Å²) in [4.78, 5) is 0. The van der Waals surface area contributed by atoms with Gasteiger partial charge in [0.25, 0.3) is 0 Å². The van der Waals surface area contributed by atoms with Crippen LogP contribution in [-0.2, 0) is 5.41 Å². The molecule has 0 unspecified atom stereocenters. The predicted molar refractivity (Wildman–Crippen MR) is 126 cm³/mol. The lowest BCUT2D eigenvalue weighted by Gasteiger charge is -2.26. The third-order valence-corrected chi connectivity index (χ3v) is 6.43. The van der Waals surface area contributed by atoms with Gasteiger partial charge in [-0.15, -0.1) is 0 Å². The number of aliphatic hydroxyl groups is 2. The van der Waals surface area contributed by atoms with Gasteiger partial charge in [0.2, 0.25) is 0 Å². The van der Waals surface area contributed by atoms with E-state index in [-0.39, 0.29) is 5.41 Å². The van der Waals surface area contributed by atoms with Gasteiger partial charge in [-0.25, -0.2) is 0 Å². The lowest BCUT2D eigenvalue weighted by Crippen LogP contribution is -2.20. The molecule has 0 aromatic heterocycles. The molecule has 0 bridgehead atoms. The van der Waals surface area contributed by atoms with Crippen LogP contribution in [0.4, 0.5) is 0 Å². The lowest BCUT2D eigenvalue weighted by atomic mass is 9.78. The second-order valence-electron chi connectivity index (χ2n) is 6.91. The van der Waals surface area contributed by atoms with Gasteiger partial charge < -0.3 is 19.7 Å². The molecule has 2 aromatic carbocycles. The quantitative estimate of drug-likeness (QED) is 0.317. The van der Waals surface area contributed by atoms with E-state index in [1.54, 1.807) is 0 Å². The number of halogens is 2. The van der Waals surface area contributed by atoms with Gasteiger partial charge in [0.05, 0.1) is 12.2 Å². The second kappa shape index (κ2) is 10.8. The number of rotatable bonds is 10. The Bertz CT molecular complexity index is 627. The summed E-state index contributed by atoms with van der Waals surface area (Å²) in [6.07, 6.45) is -0.888. The Kier molecular flexibility index (Phi) is 9.10. The van der Waals surface area contributed by atoms with Crippen molar-refractivity contribution in [3.63, 3.8) is 0 Å². The van der Waals surface area contributed by atoms with Crippen LogP contribution < -0.4 is 9.47 Å². The van der Waals surface area contributed by atoms with Crippen molar-refractivity contribution in [3.05, 3.63) is 59.7 Å². The highest BCUT2D eigenvalue weighted by molar-refractivity contribution is 14.1. The summed E-state index contributed by atoms with van der Waals surface area (Å²) >= 11 is 4.28. The first kappa shape index (κ1) is 22.7. The van der Waals surface area contributed by atoms with Crippen molar-refractivity contribution >= 4 is 45.2 Å². The molecule has 0 radical (unpaired) electrons. The van der Waals surface area contributed by atoms with Gasteiger partial charge in [0.1, 0.15) is 24.7 Å². The van der Waals surface area contributed by atoms with Crippen LogP contribution in [0.2, 0.25) is 0 Å². The minimum atomic E-state index is -0.444. The lowest BCUT2D eigenvalue weighted by molar-refractivity contribution is 0.128. The molecule has 2 N–H and O–H groups in total. The molecule has 0 heterocycles. The summed E-state index contributed by atoms with van der Waals surface area (Å²) in [5.74, 6) is 1.52. The SMILES string of the molecule is CC(C)(c1ccc(OC[C@H](O)CI)cc1)c1ccc(OC[C@H](O)CI)cc1. The molecule has 0 aliphatic carbocycles. The topological polar surface area (TPSA) is 58.9 Å². The van der Waals surface area contributed by atoms with E-state index in [0.29, 0.717) is 22.1 Å². The van der Waals surface area contributed by atoms with E-state index in [0.717, 1.165) is 11.5 Å². The van der Waals surface area contributed by atoms with Gasteiger partial charge in [0.15, 0.2) is 0 Å². The molecule has 0 spiro atoms. The summed E-state index contributed by atoms with van der Waals surface area (Å²) in [5.41, 5.74) is 2.19. The minimum absolute atomic E-state index is 0.166. The zero-order chi connectivity index (χ0) is 19.9. The molecule has 0 fully saturated rings. The maximum absolute atomic E-state index is 9.60.